The highest BCUT2D eigenvalue weighted by Crippen LogP contribution is 2.36. The lowest BCUT2D eigenvalue weighted by atomic mass is 10.1. The Kier molecular flexibility index (Phi) is 6.59. The second-order valence-corrected chi connectivity index (χ2v) is 7.61. The number of nitrogens with one attached hydrogen (secondary N) is 1. The van der Waals surface area contributed by atoms with Crippen LogP contribution in [0.15, 0.2) is 36.5 Å². The van der Waals surface area contributed by atoms with Gasteiger partial charge in [0.25, 0.3) is 5.91 Å². The summed E-state index contributed by atoms with van der Waals surface area (Å²) in [6.45, 7) is 6.62. The van der Waals surface area contributed by atoms with Crippen LogP contribution in [0.1, 0.15) is 49.4 Å². The molecular formula is C21H25ClN4O3. The van der Waals surface area contributed by atoms with Crippen molar-refractivity contribution in [1.82, 2.24) is 19.9 Å². The Morgan fingerprint density at radius 3 is 2.76 bits per heavy atom. The maximum Gasteiger partial charge on any atom is 0.252 e. The standard InChI is InChI=1S/C21H25ClN4O3/c1-13(2)8-10-29-19-16(22)11-15(12-17(19)28-4)21(27)23-14(3)20-25-24-18-7-5-6-9-26(18)20/h5-7,9,11-14H,8,10H2,1-4H3,(H,23,27). The van der Waals surface area contributed by atoms with Gasteiger partial charge in [-0.25, -0.2) is 0 Å². The summed E-state index contributed by atoms with van der Waals surface area (Å²) in [5.41, 5.74) is 1.10. The summed E-state index contributed by atoms with van der Waals surface area (Å²) in [6, 6.07) is 8.48. The number of hydrogen-bond acceptors (Lipinski definition) is 5. The molecule has 2 aromatic heterocycles. The van der Waals surface area contributed by atoms with Crippen LogP contribution in [0.25, 0.3) is 5.65 Å². The van der Waals surface area contributed by atoms with Gasteiger partial charge in [-0.15, -0.1) is 10.2 Å². The Morgan fingerprint density at radius 2 is 2.03 bits per heavy atom. The quantitative estimate of drug-likeness (QED) is 0.592. The predicted molar refractivity (Wildman–Crippen MR) is 112 cm³/mol. The maximum atomic E-state index is 12.8. The first-order valence-electron chi connectivity index (χ1n) is 9.51. The number of rotatable bonds is 8. The smallest absolute Gasteiger partial charge is 0.252 e. The molecule has 0 saturated carbocycles. The summed E-state index contributed by atoms with van der Waals surface area (Å²) in [4.78, 5) is 12.8. The number of methoxy groups -OCH3 is 1. The Hall–Kier alpha value is -2.80. The van der Waals surface area contributed by atoms with E-state index in [4.69, 9.17) is 21.1 Å². The topological polar surface area (TPSA) is 77.8 Å². The van der Waals surface area contributed by atoms with Crippen LogP contribution < -0.4 is 14.8 Å². The van der Waals surface area contributed by atoms with Gasteiger partial charge in [-0.1, -0.05) is 31.5 Å². The van der Waals surface area contributed by atoms with Crippen LogP contribution in [0.3, 0.4) is 0 Å². The van der Waals surface area contributed by atoms with E-state index in [9.17, 15) is 4.79 Å². The van der Waals surface area contributed by atoms with Gasteiger partial charge in [0.1, 0.15) is 0 Å². The predicted octanol–water partition coefficient (Wildman–Crippen LogP) is 4.31. The maximum absolute atomic E-state index is 12.8. The van der Waals surface area contributed by atoms with Crippen molar-refractivity contribution in [2.24, 2.45) is 5.92 Å². The summed E-state index contributed by atoms with van der Waals surface area (Å²) in [7, 11) is 1.52. The SMILES string of the molecule is COc1cc(C(=O)NC(C)c2nnc3ccccn23)cc(Cl)c1OCCC(C)C. The molecule has 0 fully saturated rings. The molecule has 1 unspecified atom stereocenters. The highest BCUT2D eigenvalue weighted by molar-refractivity contribution is 6.32. The Morgan fingerprint density at radius 1 is 1.24 bits per heavy atom. The lowest BCUT2D eigenvalue weighted by Crippen LogP contribution is -2.28. The third-order valence-corrected chi connectivity index (χ3v) is 4.79. The monoisotopic (exact) mass is 416 g/mol. The van der Waals surface area contributed by atoms with Crippen LogP contribution in [0.5, 0.6) is 11.5 Å². The number of hydrogen-bond donors (Lipinski definition) is 1. The highest BCUT2D eigenvalue weighted by atomic mass is 35.5. The molecule has 8 heteroatoms. The van der Waals surface area contributed by atoms with Crippen molar-refractivity contribution in [3.05, 3.63) is 52.9 Å². The molecule has 29 heavy (non-hydrogen) atoms. The molecule has 0 aliphatic rings. The van der Waals surface area contributed by atoms with Crippen LogP contribution in [-0.2, 0) is 0 Å². The summed E-state index contributed by atoms with van der Waals surface area (Å²) < 4.78 is 13.0. The van der Waals surface area contributed by atoms with Crippen molar-refractivity contribution in [1.29, 1.82) is 0 Å². The summed E-state index contributed by atoms with van der Waals surface area (Å²) >= 11 is 6.38. The number of nitrogens with zero attached hydrogens (tertiary/aromatic N) is 3. The zero-order valence-electron chi connectivity index (χ0n) is 17.0. The number of carbonyl (C=O) groups is 1. The molecule has 1 N–H and O–H groups in total. The van der Waals surface area contributed by atoms with Crippen molar-refractivity contribution in [3.8, 4) is 11.5 Å². The number of fused-ring (bicyclic) bond motifs is 1. The first-order valence-corrected chi connectivity index (χ1v) is 9.89. The van der Waals surface area contributed by atoms with Gasteiger partial charge >= 0.3 is 0 Å². The van der Waals surface area contributed by atoms with Gasteiger partial charge in [0.2, 0.25) is 0 Å². The fraction of sp³-hybridized carbons (Fsp3) is 0.381. The van der Waals surface area contributed by atoms with E-state index in [1.807, 2.05) is 35.7 Å². The van der Waals surface area contributed by atoms with Crippen LogP contribution in [0.4, 0.5) is 0 Å². The number of ether oxygens (including phenoxy) is 2. The molecule has 0 aliphatic carbocycles. The summed E-state index contributed by atoms with van der Waals surface area (Å²) in [5.74, 6) is 1.73. The average Bonchev–Trinajstić information content (AvgIpc) is 3.12. The number of aromatic nitrogens is 3. The Bertz CT molecular complexity index is 1000. The molecule has 1 aromatic carbocycles. The van der Waals surface area contributed by atoms with E-state index in [1.54, 1.807) is 12.1 Å². The summed E-state index contributed by atoms with van der Waals surface area (Å²) in [5, 5.41) is 11.6. The highest BCUT2D eigenvalue weighted by Gasteiger charge is 2.20. The molecular weight excluding hydrogens is 392 g/mol. The summed E-state index contributed by atoms with van der Waals surface area (Å²) in [6.07, 6.45) is 2.75. The van der Waals surface area contributed by atoms with Crippen molar-refractivity contribution < 1.29 is 14.3 Å². The molecule has 1 atom stereocenters. The van der Waals surface area contributed by atoms with Gasteiger partial charge in [0.05, 0.1) is 24.8 Å². The van der Waals surface area contributed by atoms with Crippen molar-refractivity contribution in [2.75, 3.05) is 13.7 Å². The number of pyridine rings is 1. The van der Waals surface area contributed by atoms with E-state index in [-0.39, 0.29) is 11.9 Å². The van der Waals surface area contributed by atoms with Crippen LogP contribution >= 0.6 is 11.6 Å². The fourth-order valence-electron chi connectivity index (χ4n) is 2.89. The molecule has 0 spiro atoms. The van der Waals surface area contributed by atoms with Crippen LogP contribution in [0.2, 0.25) is 5.02 Å². The van der Waals surface area contributed by atoms with Gasteiger partial charge in [-0.3, -0.25) is 9.20 Å². The molecule has 7 nitrogen and oxygen atoms in total. The third-order valence-electron chi connectivity index (χ3n) is 4.51. The second-order valence-electron chi connectivity index (χ2n) is 7.20. The van der Waals surface area contributed by atoms with Gasteiger partial charge < -0.3 is 14.8 Å². The first-order chi connectivity index (χ1) is 13.9. The Labute approximate surface area is 175 Å². The second kappa shape index (κ2) is 9.13. The minimum absolute atomic E-state index is 0.292. The Balaban J connectivity index is 1.77. The molecule has 1 amide bonds. The van der Waals surface area contributed by atoms with E-state index in [0.29, 0.717) is 40.4 Å². The van der Waals surface area contributed by atoms with Crippen molar-refractivity contribution in [2.45, 2.75) is 33.2 Å². The van der Waals surface area contributed by atoms with Crippen LogP contribution in [-0.4, -0.2) is 34.2 Å². The van der Waals surface area contributed by atoms with Crippen LogP contribution in [0, 0.1) is 5.92 Å². The van der Waals surface area contributed by atoms with Crippen molar-refractivity contribution in [3.63, 3.8) is 0 Å². The number of benzene rings is 1. The molecule has 0 bridgehead atoms. The van der Waals surface area contributed by atoms with E-state index >= 15 is 0 Å². The van der Waals surface area contributed by atoms with Crippen molar-refractivity contribution >= 4 is 23.2 Å². The fourth-order valence-corrected chi connectivity index (χ4v) is 3.15. The first kappa shape index (κ1) is 20.9. The van der Waals surface area contributed by atoms with Gasteiger partial charge in [0.15, 0.2) is 23.0 Å². The molecule has 3 rings (SSSR count). The molecule has 0 saturated heterocycles. The molecule has 2 heterocycles. The molecule has 0 radical (unpaired) electrons. The van der Waals surface area contributed by atoms with E-state index < -0.39 is 0 Å². The van der Waals surface area contributed by atoms with E-state index in [1.165, 1.54) is 7.11 Å². The van der Waals surface area contributed by atoms with Gasteiger partial charge in [-0.05, 0) is 43.5 Å². The minimum atomic E-state index is -0.355. The normalized spacial score (nSPS) is 12.2. The van der Waals surface area contributed by atoms with E-state index in [2.05, 4.69) is 29.4 Å². The third kappa shape index (κ3) is 4.79. The average molecular weight is 417 g/mol. The van der Waals surface area contributed by atoms with E-state index in [0.717, 1.165) is 12.1 Å². The number of halogens is 1. The molecule has 3 aromatic rings. The number of carbonyl (C=O) groups excluding carboxylic acids is 1. The zero-order valence-corrected chi connectivity index (χ0v) is 17.7. The van der Waals surface area contributed by atoms with Gasteiger partial charge in [0, 0.05) is 11.8 Å². The largest absolute Gasteiger partial charge is 0.493 e. The molecule has 0 aliphatic heterocycles. The molecule has 154 valence electrons. The lowest BCUT2D eigenvalue weighted by Gasteiger charge is -2.16. The zero-order chi connectivity index (χ0) is 21.0. The van der Waals surface area contributed by atoms with Gasteiger partial charge in [-0.2, -0.15) is 0 Å². The number of amides is 1. The minimum Gasteiger partial charge on any atom is -0.493 e. The lowest BCUT2D eigenvalue weighted by molar-refractivity contribution is 0.0937.